The molecule has 11 heavy (non-hydrogen) atoms. The van der Waals surface area contributed by atoms with Crippen LogP contribution in [0.3, 0.4) is 0 Å². The number of phenolic OH excluding ortho intramolecular Hbond substituents is 1. The van der Waals surface area contributed by atoms with Crippen LogP contribution < -0.4 is 5.46 Å². The van der Waals surface area contributed by atoms with Crippen molar-refractivity contribution in [1.29, 1.82) is 0 Å². The summed E-state index contributed by atoms with van der Waals surface area (Å²) in [6.45, 7) is 0. The van der Waals surface area contributed by atoms with Crippen LogP contribution in [0, 0.1) is 0 Å². The Morgan fingerprint density at radius 1 is 1.27 bits per heavy atom. The minimum absolute atomic E-state index is 0. The largest absolute Gasteiger partial charge is 0.870 e. The smallest absolute Gasteiger partial charge is 0.870 e. The molecule has 0 aliphatic heterocycles. The number of phenols is 1. The van der Waals surface area contributed by atoms with Crippen LogP contribution in [-0.4, -0.2) is 23.9 Å². The third kappa shape index (κ3) is 2.80. The fourth-order valence-corrected chi connectivity index (χ4v) is 0.663. The van der Waals surface area contributed by atoms with Crippen LogP contribution in [0.15, 0.2) is 18.2 Å². The number of hydrogen-bond acceptors (Lipinski definition) is 3. The van der Waals surface area contributed by atoms with Crippen LogP contribution in [0.5, 0.6) is 5.75 Å². The van der Waals surface area contributed by atoms with Gasteiger partial charge in [0.2, 0.25) is 0 Å². The van der Waals surface area contributed by atoms with Crippen molar-refractivity contribution < 1.29 is 16.1 Å². The fourth-order valence-electron chi connectivity index (χ4n) is 0.537. The van der Waals surface area contributed by atoms with Gasteiger partial charge in [0, 0.05) is 0 Å². The Morgan fingerprint density at radius 3 is 2.18 bits per heavy atom. The van der Waals surface area contributed by atoms with Crippen molar-refractivity contribution in [3.63, 3.8) is 0 Å². The Balaban J connectivity index is 0. The molecule has 0 heterocycles. The van der Waals surface area contributed by atoms with Crippen molar-refractivity contribution in [1.82, 2.24) is 0 Å². The second-order valence-corrected chi connectivity index (χ2v) is 2.06. The first-order valence-electron chi connectivity index (χ1n) is 2.45. The van der Waals surface area contributed by atoms with E-state index in [1.807, 2.05) is 0 Å². The van der Waals surface area contributed by atoms with E-state index < -0.39 is 0 Å². The zero-order valence-corrected chi connectivity index (χ0v) is 6.28. The third-order valence-corrected chi connectivity index (χ3v) is 1.42. The maximum Gasteiger partial charge on any atom is -0.870 e. The van der Waals surface area contributed by atoms with E-state index in [2.05, 4.69) is 0 Å². The van der Waals surface area contributed by atoms with Gasteiger partial charge in [-0.2, -0.15) is 0 Å². The molecule has 3 nitrogen and oxygen atoms in total. The topological polar surface area (TPSA) is 80.2 Å². The molecule has 0 saturated heterocycles. The Labute approximate surface area is 70.6 Å². The molecule has 0 bridgehead atoms. The van der Waals surface area contributed by atoms with Gasteiger partial charge in [-0.15, -0.1) is 0 Å². The molecule has 0 aromatic heterocycles. The minimum atomic E-state index is 0. The maximum absolute atomic E-state index is 8.89. The second kappa shape index (κ2) is 5.01. The predicted molar refractivity (Wildman–Crippen MR) is 42.4 cm³/mol. The molecular formula is C6H6BClO3. The zero-order chi connectivity index (χ0) is 6.85. The van der Waals surface area contributed by atoms with Gasteiger partial charge in [0.15, 0.2) is 0 Å². The molecule has 0 saturated carbocycles. The molecule has 58 valence electrons. The molecule has 1 aromatic rings. The second-order valence-electron chi connectivity index (χ2n) is 1.68. The molecule has 0 aliphatic carbocycles. The normalized spacial score (nSPS) is 7.91. The molecular weight excluding hydrogens is 166 g/mol. The van der Waals surface area contributed by atoms with Gasteiger partial charge in [-0.05, 0) is 0 Å². The number of rotatable bonds is 0. The molecule has 3 N–H and O–H groups in total. The average Bonchev–Trinajstić information content (AvgIpc) is 1.83. The van der Waals surface area contributed by atoms with Crippen molar-refractivity contribution in [2.45, 2.75) is 0 Å². The van der Waals surface area contributed by atoms with Gasteiger partial charge in [-0.3, -0.25) is 0 Å². The summed E-state index contributed by atoms with van der Waals surface area (Å²) in [5, 5.41) is 9.11. The van der Waals surface area contributed by atoms with Crippen LogP contribution in [0.4, 0.5) is 0 Å². The Morgan fingerprint density at radius 2 is 1.82 bits per heavy atom. The molecule has 0 aliphatic rings. The SMILES string of the molecule is [B+2]c1cccc(O)c1Cl.[OH-].[OH-]. The molecule has 0 atom stereocenters. The van der Waals surface area contributed by atoms with E-state index in [1.54, 1.807) is 12.1 Å². The monoisotopic (exact) mass is 172 g/mol. The van der Waals surface area contributed by atoms with E-state index in [0.29, 0.717) is 5.46 Å². The summed E-state index contributed by atoms with van der Waals surface area (Å²) in [5.74, 6) is 0.0247. The number of halogens is 1. The number of aromatic hydroxyl groups is 1. The van der Waals surface area contributed by atoms with Crippen molar-refractivity contribution in [3.8, 4) is 5.75 Å². The summed E-state index contributed by atoms with van der Waals surface area (Å²) in [6, 6.07) is 4.75. The molecule has 0 radical (unpaired) electrons. The first-order chi connectivity index (χ1) is 4.22. The number of benzene rings is 1. The maximum atomic E-state index is 8.89. The predicted octanol–water partition coefficient (Wildman–Crippen LogP) is 0.486. The number of hydrogen-bond donors (Lipinski definition) is 1. The van der Waals surface area contributed by atoms with Crippen molar-refractivity contribution in [2.24, 2.45) is 0 Å². The first-order valence-corrected chi connectivity index (χ1v) is 2.82. The van der Waals surface area contributed by atoms with E-state index >= 15 is 0 Å². The fraction of sp³-hybridized carbons (Fsp3) is 0. The third-order valence-electron chi connectivity index (χ3n) is 1.01. The minimum Gasteiger partial charge on any atom is -0.870 e. The van der Waals surface area contributed by atoms with Crippen molar-refractivity contribution >= 4 is 24.9 Å². The Hall–Kier alpha value is -0.705. The molecule has 0 spiro atoms. The van der Waals surface area contributed by atoms with E-state index in [-0.39, 0.29) is 21.7 Å². The summed E-state index contributed by atoms with van der Waals surface area (Å²) in [4.78, 5) is 0. The summed E-state index contributed by atoms with van der Waals surface area (Å²) in [6.07, 6.45) is 0. The van der Waals surface area contributed by atoms with Gasteiger partial charge in [0.05, 0.1) is 0 Å². The van der Waals surface area contributed by atoms with Crippen LogP contribution in [0.25, 0.3) is 0 Å². The van der Waals surface area contributed by atoms with Gasteiger partial charge in [0.1, 0.15) is 0 Å². The molecule has 0 amide bonds. The molecule has 1 aromatic carbocycles. The van der Waals surface area contributed by atoms with Gasteiger partial charge in [0.25, 0.3) is 0 Å². The van der Waals surface area contributed by atoms with Gasteiger partial charge in [-0.1, -0.05) is 0 Å². The average molecular weight is 172 g/mol. The zero-order valence-electron chi connectivity index (χ0n) is 5.53. The van der Waals surface area contributed by atoms with Crippen LogP contribution in [-0.2, 0) is 0 Å². The molecule has 1 rings (SSSR count). The van der Waals surface area contributed by atoms with E-state index in [0.717, 1.165) is 0 Å². The van der Waals surface area contributed by atoms with E-state index in [1.165, 1.54) is 6.07 Å². The van der Waals surface area contributed by atoms with Gasteiger partial charge in [-0.25, -0.2) is 0 Å². The van der Waals surface area contributed by atoms with E-state index in [9.17, 15) is 0 Å². The summed E-state index contributed by atoms with van der Waals surface area (Å²) < 4.78 is 0. The summed E-state index contributed by atoms with van der Waals surface area (Å²) >= 11 is 5.50. The summed E-state index contributed by atoms with van der Waals surface area (Å²) in [5.41, 5.74) is 0.400. The van der Waals surface area contributed by atoms with Crippen LogP contribution in [0.2, 0.25) is 5.02 Å². The van der Waals surface area contributed by atoms with Crippen LogP contribution >= 0.6 is 11.6 Å². The van der Waals surface area contributed by atoms with Gasteiger partial charge >= 0.3 is 59.0 Å². The summed E-state index contributed by atoms with van der Waals surface area (Å²) in [7, 11) is 5.33. The first kappa shape index (κ1) is 12.9. The Kier molecular flexibility index (Phi) is 5.89. The molecule has 0 fully saturated rings. The van der Waals surface area contributed by atoms with Crippen molar-refractivity contribution in [2.75, 3.05) is 0 Å². The Bertz CT molecular complexity index is 209. The quantitative estimate of drug-likeness (QED) is 0.578. The molecule has 0 unspecified atom stereocenters. The van der Waals surface area contributed by atoms with E-state index in [4.69, 9.17) is 24.6 Å². The van der Waals surface area contributed by atoms with Crippen molar-refractivity contribution in [3.05, 3.63) is 23.2 Å². The standard InChI is InChI=1S/C6H4BClO.2H2O/c7-4-2-1-3-5(9)6(4)8;;/h1-3,9H;2*1H2/q+2;;/p-2. The van der Waals surface area contributed by atoms with Gasteiger partial charge < -0.3 is 11.0 Å². The van der Waals surface area contributed by atoms with Crippen LogP contribution in [0.1, 0.15) is 0 Å². The molecule has 5 heteroatoms.